The minimum Gasteiger partial charge on any atom is -0.354 e. The lowest BCUT2D eigenvalue weighted by Crippen LogP contribution is -2.49. The second-order valence-corrected chi connectivity index (χ2v) is 8.59. The Bertz CT molecular complexity index is 1080. The molecule has 164 valence electrons. The molecule has 10 nitrogen and oxygen atoms in total. The molecule has 2 aromatic rings. The molecule has 0 spiro atoms. The maximum absolute atomic E-state index is 13.2. The van der Waals surface area contributed by atoms with E-state index in [0.29, 0.717) is 18.0 Å². The molecule has 0 unspecified atom stereocenters. The first-order chi connectivity index (χ1) is 14.7. The zero-order chi connectivity index (χ0) is 22.7. The largest absolute Gasteiger partial charge is 0.354 e. The zero-order valence-corrected chi connectivity index (χ0v) is 18.2. The van der Waals surface area contributed by atoms with E-state index in [9.17, 15) is 24.5 Å². The lowest BCUT2D eigenvalue weighted by Gasteiger charge is -2.23. The van der Waals surface area contributed by atoms with Crippen molar-refractivity contribution in [2.45, 2.75) is 26.8 Å². The summed E-state index contributed by atoms with van der Waals surface area (Å²) < 4.78 is 1.21. The van der Waals surface area contributed by atoms with Crippen molar-refractivity contribution < 1.29 is 14.5 Å². The second kappa shape index (κ2) is 9.29. The van der Waals surface area contributed by atoms with Crippen LogP contribution in [-0.2, 0) is 4.79 Å². The van der Waals surface area contributed by atoms with Gasteiger partial charge in [-0.2, -0.15) is 5.10 Å². The Morgan fingerprint density at radius 1 is 1.35 bits per heavy atom. The van der Waals surface area contributed by atoms with Gasteiger partial charge in [0, 0.05) is 30.1 Å². The van der Waals surface area contributed by atoms with E-state index < -0.39 is 22.3 Å². The van der Waals surface area contributed by atoms with Crippen LogP contribution in [0, 0.1) is 23.0 Å². The van der Waals surface area contributed by atoms with E-state index >= 15 is 0 Å². The van der Waals surface area contributed by atoms with Crippen LogP contribution in [0.15, 0.2) is 35.1 Å². The normalized spacial score (nSPS) is 15.9. The quantitative estimate of drug-likeness (QED) is 0.530. The van der Waals surface area contributed by atoms with E-state index in [1.54, 1.807) is 13.0 Å². The number of aryl methyl sites for hydroxylation is 1. The summed E-state index contributed by atoms with van der Waals surface area (Å²) in [6.45, 7) is 5.99. The second-order valence-electron chi connectivity index (χ2n) is 7.59. The average molecular weight is 446 g/mol. The Morgan fingerprint density at radius 3 is 2.74 bits per heavy atom. The molecule has 0 aliphatic carbocycles. The van der Waals surface area contributed by atoms with E-state index in [4.69, 9.17) is 0 Å². The Balaban J connectivity index is 1.97. The predicted molar refractivity (Wildman–Crippen MR) is 116 cm³/mol. The van der Waals surface area contributed by atoms with Crippen LogP contribution in [0.5, 0.6) is 0 Å². The lowest BCUT2D eigenvalue weighted by atomic mass is 10.2. The number of nitrogens with zero attached hydrogens (tertiary/aromatic N) is 4. The molecule has 0 radical (unpaired) electrons. The SMILES string of the molecule is Cc1cc(=O)c(C(=O)N2CSC[C@@H]2C(=O)NCC(C)C)nn1-c1ccccc1[N+](=O)[O-]. The van der Waals surface area contributed by atoms with Gasteiger partial charge in [-0.25, -0.2) is 4.68 Å². The number of hydrogen-bond acceptors (Lipinski definition) is 7. The first kappa shape index (κ1) is 22.5. The third kappa shape index (κ3) is 4.76. The number of carbonyl (C=O) groups is 2. The molecule has 1 atom stereocenters. The first-order valence-corrected chi connectivity index (χ1v) is 10.9. The molecule has 2 heterocycles. The van der Waals surface area contributed by atoms with Crippen LogP contribution in [0.4, 0.5) is 5.69 Å². The van der Waals surface area contributed by atoms with Crippen molar-refractivity contribution in [3.8, 4) is 5.69 Å². The highest BCUT2D eigenvalue weighted by molar-refractivity contribution is 7.99. The van der Waals surface area contributed by atoms with Gasteiger partial charge in [0.15, 0.2) is 5.69 Å². The van der Waals surface area contributed by atoms with Crippen LogP contribution in [0.3, 0.4) is 0 Å². The molecule has 1 N–H and O–H groups in total. The Labute approximate surface area is 182 Å². The highest BCUT2D eigenvalue weighted by atomic mass is 32.2. The fourth-order valence-corrected chi connectivity index (χ4v) is 4.31. The third-order valence-corrected chi connectivity index (χ3v) is 5.76. The van der Waals surface area contributed by atoms with Crippen LogP contribution >= 0.6 is 11.8 Å². The van der Waals surface area contributed by atoms with Crippen molar-refractivity contribution in [1.82, 2.24) is 20.0 Å². The van der Waals surface area contributed by atoms with Crippen LogP contribution in [0.1, 0.15) is 30.0 Å². The van der Waals surface area contributed by atoms with Crippen molar-refractivity contribution in [1.29, 1.82) is 0 Å². The van der Waals surface area contributed by atoms with E-state index in [2.05, 4.69) is 10.4 Å². The fourth-order valence-electron chi connectivity index (χ4n) is 3.16. The third-order valence-electron chi connectivity index (χ3n) is 4.75. The van der Waals surface area contributed by atoms with Crippen LogP contribution in [0.2, 0.25) is 0 Å². The monoisotopic (exact) mass is 445 g/mol. The molecule has 1 fully saturated rings. The van der Waals surface area contributed by atoms with Gasteiger partial charge in [0.05, 0.1) is 10.8 Å². The molecule has 1 aliphatic heterocycles. The number of benzene rings is 1. The number of rotatable bonds is 6. The molecular weight excluding hydrogens is 422 g/mol. The highest BCUT2D eigenvalue weighted by Gasteiger charge is 2.37. The maximum Gasteiger partial charge on any atom is 0.294 e. The number of aromatic nitrogens is 2. The van der Waals surface area contributed by atoms with Gasteiger partial charge in [-0.1, -0.05) is 26.0 Å². The molecule has 1 aromatic carbocycles. The van der Waals surface area contributed by atoms with Gasteiger partial charge in [0.1, 0.15) is 11.7 Å². The predicted octanol–water partition coefficient (Wildman–Crippen LogP) is 1.74. The summed E-state index contributed by atoms with van der Waals surface area (Å²) in [5.41, 5.74) is -0.703. The molecule has 0 bridgehead atoms. The topological polar surface area (TPSA) is 127 Å². The van der Waals surface area contributed by atoms with Gasteiger partial charge in [0.2, 0.25) is 11.3 Å². The minimum absolute atomic E-state index is 0.140. The summed E-state index contributed by atoms with van der Waals surface area (Å²) >= 11 is 1.41. The van der Waals surface area contributed by atoms with Crippen molar-refractivity contribution in [3.63, 3.8) is 0 Å². The summed E-state index contributed by atoms with van der Waals surface area (Å²) in [6, 6.07) is 6.45. The van der Waals surface area contributed by atoms with Gasteiger partial charge in [-0.15, -0.1) is 11.8 Å². The first-order valence-electron chi connectivity index (χ1n) is 9.72. The highest BCUT2D eigenvalue weighted by Crippen LogP contribution is 2.24. The van der Waals surface area contributed by atoms with Crippen molar-refractivity contribution in [2.75, 3.05) is 18.2 Å². The molecule has 3 rings (SSSR count). The Hall–Kier alpha value is -3.21. The molecule has 1 aromatic heterocycles. The van der Waals surface area contributed by atoms with Gasteiger partial charge in [0.25, 0.3) is 11.6 Å². The Morgan fingerprint density at radius 2 is 2.06 bits per heavy atom. The minimum atomic E-state index is -0.710. The van der Waals surface area contributed by atoms with Crippen LogP contribution in [0.25, 0.3) is 5.69 Å². The fraction of sp³-hybridized carbons (Fsp3) is 0.400. The average Bonchev–Trinajstić information content (AvgIpc) is 3.21. The summed E-state index contributed by atoms with van der Waals surface area (Å²) in [6.07, 6.45) is 0. The van der Waals surface area contributed by atoms with E-state index in [0.717, 1.165) is 0 Å². The number of carbonyl (C=O) groups excluding carboxylic acids is 2. The van der Waals surface area contributed by atoms with Gasteiger partial charge in [-0.05, 0) is 18.9 Å². The summed E-state index contributed by atoms with van der Waals surface area (Å²) in [4.78, 5) is 50.4. The van der Waals surface area contributed by atoms with Crippen LogP contribution in [-0.4, -0.2) is 55.6 Å². The number of thioether (sulfide) groups is 1. The van der Waals surface area contributed by atoms with Crippen molar-refractivity contribution in [3.05, 3.63) is 62.1 Å². The van der Waals surface area contributed by atoms with E-state index in [1.807, 2.05) is 13.8 Å². The lowest BCUT2D eigenvalue weighted by molar-refractivity contribution is -0.384. The molecule has 1 saturated heterocycles. The number of nitro groups is 1. The molecule has 2 amide bonds. The number of hydrogen-bond donors (Lipinski definition) is 1. The maximum atomic E-state index is 13.2. The number of nitrogens with one attached hydrogen (secondary N) is 1. The Kier molecular flexibility index (Phi) is 6.74. The molecule has 1 aliphatic rings. The number of para-hydroxylation sites is 2. The number of amides is 2. The number of nitro benzene ring substituents is 1. The zero-order valence-electron chi connectivity index (χ0n) is 17.4. The summed E-state index contributed by atoms with van der Waals surface area (Å²) in [5, 5.41) is 18.4. The van der Waals surface area contributed by atoms with Gasteiger partial charge in [-0.3, -0.25) is 24.5 Å². The van der Waals surface area contributed by atoms with E-state index in [1.165, 1.54) is 45.6 Å². The summed E-state index contributed by atoms with van der Waals surface area (Å²) in [5.74, 6) is -0.0288. The molecular formula is C20H23N5O5S. The summed E-state index contributed by atoms with van der Waals surface area (Å²) in [7, 11) is 0. The standard InChI is InChI=1S/C20H23N5O5S/c1-12(2)9-21-19(27)16-10-31-11-23(16)20(28)18-17(26)8-13(3)24(22-18)14-6-4-5-7-15(14)25(29)30/h4-8,12,16H,9-11H2,1-3H3,(H,21,27)/t16-/m1/s1. The van der Waals surface area contributed by atoms with Crippen molar-refractivity contribution in [2.24, 2.45) is 5.92 Å². The van der Waals surface area contributed by atoms with E-state index in [-0.39, 0.29) is 34.8 Å². The van der Waals surface area contributed by atoms with Crippen LogP contribution < -0.4 is 10.7 Å². The van der Waals surface area contributed by atoms with Gasteiger partial charge >= 0.3 is 0 Å². The molecule has 0 saturated carbocycles. The smallest absolute Gasteiger partial charge is 0.294 e. The molecule has 31 heavy (non-hydrogen) atoms. The molecule has 11 heteroatoms. The van der Waals surface area contributed by atoms with Crippen molar-refractivity contribution >= 4 is 29.3 Å². The van der Waals surface area contributed by atoms with Gasteiger partial charge < -0.3 is 10.2 Å².